The fraction of sp³-hybridized carbons (Fsp3) is 0.909. The largest absolute Gasteiger partial charge is 0.337 e. The normalized spacial score (nSPS) is 27.8. The first-order valence-electron chi connectivity index (χ1n) is 5.66. The number of likely N-dealkylation sites (tertiary alicyclic amines) is 1. The van der Waals surface area contributed by atoms with Gasteiger partial charge >= 0.3 is 0 Å². The number of hydrogen-bond donors (Lipinski definition) is 0. The monoisotopic (exact) mass is 195 g/mol. The van der Waals surface area contributed by atoms with E-state index in [4.69, 9.17) is 0 Å². The molecule has 0 aromatic heterocycles. The van der Waals surface area contributed by atoms with Crippen molar-refractivity contribution in [2.75, 3.05) is 19.6 Å². The van der Waals surface area contributed by atoms with Gasteiger partial charge in [0.1, 0.15) is 0 Å². The van der Waals surface area contributed by atoms with Gasteiger partial charge < -0.3 is 4.90 Å². The summed E-state index contributed by atoms with van der Waals surface area (Å²) in [7, 11) is 0. The van der Waals surface area contributed by atoms with E-state index in [0.717, 1.165) is 45.3 Å². The average Bonchev–Trinajstić information content (AvgIpc) is 2.19. The molecule has 0 N–H and O–H groups in total. The molecular formula is C11H19N2O. The second-order valence-corrected chi connectivity index (χ2v) is 4.67. The van der Waals surface area contributed by atoms with Gasteiger partial charge in [0.05, 0.1) is 0 Å². The van der Waals surface area contributed by atoms with E-state index < -0.39 is 0 Å². The van der Waals surface area contributed by atoms with E-state index in [9.17, 15) is 4.79 Å². The van der Waals surface area contributed by atoms with Crippen molar-refractivity contribution in [1.82, 2.24) is 10.2 Å². The first-order chi connectivity index (χ1) is 6.72. The van der Waals surface area contributed by atoms with Crippen molar-refractivity contribution in [1.29, 1.82) is 0 Å². The predicted octanol–water partition coefficient (Wildman–Crippen LogP) is 1.16. The van der Waals surface area contributed by atoms with Gasteiger partial charge in [-0.1, -0.05) is 0 Å². The van der Waals surface area contributed by atoms with Crippen molar-refractivity contribution >= 4 is 5.91 Å². The molecular weight excluding hydrogens is 176 g/mol. The van der Waals surface area contributed by atoms with Gasteiger partial charge in [0.2, 0.25) is 5.91 Å². The molecule has 2 aliphatic heterocycles. The fourth-order valence-electron chi connectivity index (χ4n) is 2.52. The van der Waals surface area contributed by atoms with Gasteiger partial charge in [-0.15, -0.1) is 0 Å². The number of nitrogens with zero attached hydrogens (tertiary/aromatic N) is 2. The van der Waals surface area contributed by atoms with E-state index in [0.29, 0.717) is 5.91 Å². The Bertz CT molecular complexity index is 221. The summed E-state index contributed by atoms with van der Waals surface area (Å²) in [6, 6.07) is 0. The number of piperidine rings is 2. The van der Waals surface area contributed by atoms with Gasteiger partial charge in [0, 0.05) is 31.6 Å². The number of rotatable bonds is 1. The van der Waals surface area contributed by atoms with Crippen LogP contribution in [0, 0.1) is 0 Å². The Labute approximate surface area is 85.8 Å². The first kappa shape index (κ1) is 9.97. The molecule has 3 nitrogen and oxygen atoms in total. The molecule has 1 amide bonds. The highest BCUT2D eigenvalue weighted by Crippen LogP contribution is 2.29. The van der Waals surface area contributed by atoms with E-state index in [1.54, 1.807) is 0 Å². The smallest absolute Gasteiger partial charge is 0.223 e. The SMILES string of the molecule is CC1(N2CCCCC2=O)CC[N]CC1. The van der Waals surface area contributed by atoms with Crippen LogP contribution in [0.3, 0.4) is 0 Å². The summed E-state index contributed by atoms with van der Waals surface area (Å²) in [6.45, 7) is 5.06. The molecule has 0 aromatic rings. The molecule has 0 atom stereocenters. The van der Waals surface area contributed by atoms with Gasteiger partial charge in [-0.3, -0.25) is 4.79 Å². The van der Waals surface area contributed by atoms with Crippen LogP contribution < -0.4 is 5.32 Å². The molecule has 2 aliphatic rings. The Kier molecular flexibility index (Phi) is 2.77. The summed E-state index contributed by atoms with van der Waals surface area (Å²) >= 11 is 0. The summed E-state index contributed by atoms with van der Waals surface area (Å²) in [6.07, 6.45) is 5.12. The molecule has 0 saturated carbocycles. The van der Waals surface area contributed by atoms with Crippen LogP contribution in [0.5, 0.6) is 0 Å². The Morgan fingerprint density at radius 1 is 1.29 bits per heavy atom. The highest BCUT2D eigenvalue weighted by Gasteiger charge is 2.37. The van der Waals surface area contributed by atoms with E-state index in [1.807, 2.05) is 0 Å². The minimum absolute atomic E-state index is 0.110. The standard InChI is InChI=1S/C11H19N2O/c1-11(5-7-12-8-6-11)13-9-3-2-4-10(13)14/h2-9H2,1H3. The Morgan fingerprint density at radius 2 is 2.00 bits per heavy atom. The zero-order valence-electron chi connectivity index (χ0n) is 8.96. The average molecular weight is 195 g/mol. The maximum absolute atomic E-state index is 11.8. The molecule has 0 spiro atoms. The van der Waals surface area contributed by atoms with Crippen molar-refractivity contribution in [2.24, 2.45) is 0 Å². The third-order valence-corrected chi connectivity index (χ3v) is 3.59. The molecule has 2 heterocycles. The molecule has 0 aliphatic carbocycles. The van der Waals surface area contributed by atoms with Gasteiger partial charge in [-0.25, -0.2) is 5.32 Å². The van der Waals surface area contributed by atoms with Crippen molar-refractivity contribution in [3.8, 4) is 0 Å². The van der Waals surface area contributed by atoms with Crippen LogP contribution in [0.1, 0.15) is 39.0 Å². The second-order valence-electron chi connectivity index (χ2n) is 4.67. The molecule has 14 heavy (non-hydrogen) atoms. The lowest BCUT2D eigenvalue weighted by Crippen LogP contribution is -2.55. The maximum Gasteiger partial charge on any atom is 0.223 e. The zero-order chi connectivity index (χ0) is 10.0. The minimum Gasteiger partial charge on any atom is -0.337 e. The van der Waals surface area contributed by atoms with E-state index >= 15 is 0 Å². The van der Waals surface area contributed by atoms with E-state index in [-0.39, 0.29) is 5.54 Å². The van der Waals surface area contributed by atoms with Crippen molar-refractivity contribution in [2.45, 2.75) is 44.6 Å². The lowest BCUT2D eigenvalue weighted by molar-refractivity contribution is -0.140. The summed E-state index contributed by atoms with van der Waals surface area (Å²) in [5.41, 5.74) is 0.110. The second kappa shape index (κ2) is 3.89. The number of hydrogen-bond acceptors (Lipinski definition) is 1. The summed E-state index contributed by atoms with van der Waals surface area (Å²) in [5, 5.41) is 4.35. The van der Waals surface area contributed by atoms with Gasteiger partial charge in [0.15, 0.2) is 0 Å². The van der Waals surface area contributed by atoms with Crippen LogP contribution in [-0.2, 0) is 4.79 Å². The molecule has 2 saturated heterocycles. The third-order valence-electron chi connectivity index (χ3n) is 3.59. The Balaban J connectivity index is 2.06. The van der Waals surface area contributed by atoms with Gasteiger partial charge in [0.25, 0.3) is 0 Å². The molecule has 2 fully saturated rings. The van der Waals surface area contributed by atoms with Crippen molar-refractivity contribution in [3.05, 3.63) is 0 Å². The maximum atomic E-state index is 11.8. The molecule has 1 radical (unpaired) electrons. The molecule has 0 bridgehead atoms. The van der Waals surface area contributed by atoms with Gasteiger partial charge in [-0.05, 0) is 32.6 Å². The van der Waals surface area contributed by atoms with Crippen LogP contribution in [0.15, 0.2) is 0 Å². The fourth-order valence-corrected chi connectivity index (χ4v) is 2.52. The molecule has 2 rings (SSSR count). The quantitative estimate of drug-likeness (QED) is 0.618. The molecule has 3 heteroatoms. The molecule has 79 valence electrons. The van der Waals surface area contributed by atoms with Crippen LogP contribution in [0.25, 0.3) is 0 Å². The Morgan fingerprint density at radius 3 is 2.64 bits per heavy atom. The summed E-state index contributed by atoms with van der Waals surface area (Å²) in [5.74, 6) is 0.362. The highest BCUT2D eigenvalue weighted by atomic mass is 16.2. The third kappa shape index (κ3) is 1.78. The van der Waals surface area contributed by atoms with Crippen LogP contribution in [0.4, 0.5) is 0 Å². The van der Waals surface area contributed by atoms with E-state index in [1.165, 1.54) is 6.42 Å². The molecule has 0 unspecified atom stereocenters. The number of amides is 1. The zero-order valence-corrected chi connectivity index (χ0v) is 8.96. The predicted molar refractivity (Wildman–Crippen MR) is 55.1 cm³/mol. The van der Waals surface area contributed by atoms with Gasteiger partial charge in [-0.2, -0.15) is 0 Å². The Hall–Kier alpha value is -0.570. The van der Waals surface area contributed by atoms with Crippen molar-refractivity contribution < 1.29 is 4.79 Å². The van der Waals surface area contributed by atoms with Crippen LogP contribution in [-0.4, -0.2) is 36.0 Å². The number of carbonyl (C=O) groups is 1. The number of carbonyl (C=O) groups excluding carboxylic acids is 1. The van der Waals surface area contributed by atoms with Crippen LogP contribution in [0.2, 0.25) is 0 Å². The minimum atomic E-state index is 0.110. The summed E-state index contributed by atoms with van der Waals surface area (Å²) < 4.78 is 0. The highest BCUT2D eigenvalue weighted by molar-refractivity contribution is 5.77. The van der Waals surface area contributed by atoms with Crippen LogP contribution >= 0.6 is 0 Å². The van der Waals surface area contributed by atoms with Crippen molar-refractivity contribution in [3.63, 3.8) is 0 Å². The topological polar surface area (TPSA) is 34.4 Å². The van der Waals surface area contributed by atoms with E-state index in [2.05, 4.69) is 17.1 Å². The summed E-state index contributed by atoms with van der Waals surface area (Å²) in [4.78, 5) is 13.9. The lowest BCUT2D eigenvalue weighted by atomic mass is 9.87. The first-order valence-corrected chi connectivity index (χ1v) is 5.66. The lowest BCUT2D eigenvalue weighted by Gasteiger charge is -2.45. The molecule has 0 aromatic carbocycles.